The number of cyclic esters (lactones) is 1. The number of halogens is 1. The number of aliphatic hydroxyl groups excluding tert-OH is 1. The Morgan fingerprint density at radius 1 is 0.877 bits per heavy atom. The van der Waals surface area contributed by atoms with Crippen molar-refractivity contribution in [3.8, 4) is 0 Å². The predicted molar refractivity (Wildman–Crippen MR) is 207 cm³/mol. The molecule has 2 aromatic carbocycles. The molecule has 8 atom stereocenters. The van der Waals surface area contributed by atoms with E-state index in [1.807, 2.05) is 31.2 Å². The number of nitrogens with zero attached hydrogens (tertiary/aromatic N) is 3. The number of aryl methyl sites for hydroxylation is 1. The van der Waals surface area contributed by atoms with Crippen molar-refractivity contribution in [2.45, 2.75) is 121 Å². The zero-order chi connectivity index (χ0) is 41.0. The molecule has 0 bridgehead atoms. The third-order valence-electron chi connectivity index (χ3n) is 11.3. The first-order chi connectivity index (χ1) is 27.2. The van der Waals surface area contributed by atoms with E-state index in [9.17, 15) is 38.7 Å². The second kappa shape index (κ2) is 18.1. The molecule has 4 heterocycles. The Hall–Kier alpha value is -5.02. The number of fused-ring (bicyclic) bond motifs is 3. The molecular weight excluding hydrogens is 756 g/mol. The summed E-state index contributed by atoms with van der Waals surface area (Å²) in [5.74, 6) is -4.38. The van der Waals surface area contributed by atoms with Crippen LogP contribution in [0.2, 0.25) is 5.02 Å². The molecule has 0 aliphatic carbocycles. The first-order valence-corrected chi connectivity index (χ1v) is 20.1. The molecular formula is C41H51ClN6O9. The van der Waals surface area contributed by atoms with Crippen LogP contribution in [0.4, 0.5) is 0 Å². The summed E-state index contributed by atoms with van der Waals surface area (Å²) in [5.41, 5.74) is 2.32. The topological polar surface area (TPSA) is 195 Å². The van der Waals surface area contributed by atoms with E-state index in [0.29, 0.717) is 36.3 Å². The number of hydrogen-bond donors (Lipinski definition) is 4. The van der Waals surface area contributed by atoms with Gasteiger partial charge in [-0.2, -0.15) is 0 Å². The summed E-state index contributed by atoms with van der Waals surface area (Å²) in [7, 11) is 0. The van der Waals surface area contributed by atoms with Crippen LogP contribution in [-0.2, 0) is 51.1 Å². The molecule has 16 heteroatoms. The van der Waals surface area contributed by atoms with Gasteiger partial charge in [0.2, 0.25) is 35.4 Å². The minimum Gasteiger partial charge on any atom is -0.458 e. The van der Waals surface area contributed by atoms with Crippen molar-refractivity contribution in [2.75, 3.05) is 19.6 Å². The van der Waals surface area contributed by atoms with Gasteiger partial charge in [0.15, 0.2) is 0 Å². The van der Waals surface area contributed by atoms with E-state index in [4.69, 9.17) is 16.3 Å². The summed E-state index contributed by atoms with van der Waals surface area (Å²) in [5, 5.41) is 19.7. The number of aliphatic hydroxyl groups is 1. The maximum atomic E-state index is 14.7. The Kier molecular flexibility index (Phi) is 13.2. The van der Waals surface area contributed by atoms with Crippen molar-refractivity contribution in [2.24, 2.45) is 0 Å². The number of carbonyl (C=O) groups is 7. The first kappa shape index (κ1) is 41.6. The van der Waals surface area contributed by atoms with E-state index in [1.54, 1.807) is 24.3 Å². The molecule has 4 saturated heterocycles. The summed E-state index contributed by atoms with van der Waals surface area (Å²) in [6, 6.07) is 7.22. The van der Waals surface area contributed by atoms with Crippen molar-refractivity contribution in [1.82, 2.24) is 30.7 Å². The molecule has 2 aromatic rings. The van der Waals surface area contributed by atoms with E-state index in [0.717, 1.165) is 11.1 Å². The maximum Gasteiger partial charge on any atom is 0.329 e. The highest BCUT2D eigenvalue weighted by Gasteiger charge is 2.48. The fourth-order valence-electron chi connectivity index (χ4n) is 8.31. The molecule has 6 amide bonds. The van der Waals surface area contributed by atoms with E-state index in [1.165, 1.54) is 28.5 Å². The lowest BCUT2D eigenvalue weighted by Crippen LogP contribution is -2.63. The van der Waals surface area contributed by atoms with Gasteiger partial charge >= 0.3 is 5.97 Å². The lowest BCUT2D eigenvalue weighted by Gasteiger charge is -2.39. The fraction of sp³-hybridized carbons (Fsp3) is 0.537. The average molecular weight is 807 g/mol. The van der Waals surface area contributed by atoms with Gasteiger partial charge in [0.05, 0.1) is 12.5 Å². The van der Waals surface area contributed by atoms with E-state index in [-0.39, 0.29) is 45.3 Å². The molecule has 0 spiro atoms. The Morgan fingerprint density at radius 3 is 2.32 bits per heavy atom. The number of piperidine rings is 1. The summed E-state index contributed by atoms with van der Waals surface area (Å²) < 4.78 is 5.89. The Bertz CT molecular complexity index is 1880. The van der Waals surface area contributed by atoms with Gasteiger partial charge in [-0.25, -0.2) is 4.79 Å². The summed E-state index contributed by atoms with van der Waals surface area (Å²) in [6.07, 6.45) is -0.166. The van der Waals surface area contributed by atoms with Gasteiger partial charge in [0, 0.05) is 37.5 Å². The molecule has 4 aliphatic heterocycles. The summed E-state index contributed by atoms with van der Waals surface area (Å²) >= 11 is 6.03. The van der Waals surface area contributed by atoms with Crippen LogP contribution in [0.5, 0.6) is 0 Å². The van der Waals surface area contributed by atoms with Crippen molar-refractivity contribution in [3.05, 3.63) is 70.2 Å². The molecule has 15 nitrogen and oxygen atoms in total. The first-order valence-electron chi connectivity index (χ1n) is 19.7. The van der Waals surface area contributed by atoms with Crippen LogP contribution < -0.4 is 16.0 Å². The number of ether oxygens (including phenoxy) is 1. The molecule has 0 saturated carbocycles. The minimum atomic E-state index is -1.58. The molecule has 0 radical (unpaired) electrons. The van der Waals surface area contributed by atoms with Gasteiger partial charge in [-0.1, -0.05) is 53.6 Å². The predicted octanol–water partition coefficient (Wildman–Crippen LogP) is 1.19. The molecule has 0 unspecified atom stereocenters. The smallest absolute Gasteiger partial charge is 0.329 e. The molecule has 4 fully saturated rings. The van der Waals surface area contributed by atoms with E-state index < -0.39 is 89.9 Å². The van der Waals surface area contributed by atoms with Gasteiger partial charge in [-0.3, -0.25) is 28.8 Å². The van der Waals surface area contributed by atoms with Crippen molar-refractivity contribution < 1.29 is 43.4 Å². The van der Waals surface area contributed by atoms with Crippen LogP contribution in [-0.4, -0.2) is 129 Å². The Balaban J connectivity index is 1.33. The summed E-state index contributed by atoms with van der Waals surface area (Å²) in [4.78, 5) is 102. The fourth-order valence-corrected chi connectivity index (χ4v) is 8.43. The largest absolute Gasteiger partial charge is 0.458 e. The standard InChI is InChI=1S/C41H51ClN6O9/c1-23-8-6-9-27(18-23)19-30(44-34(50)20-26-12-14-28(42)15-13-26)36(51)45-35-25(3)57-41(56)32-11-7-17-47(32)38(53)24(2)43-37(52)31-10-4-5-16-46(31)39(54)33-21-29(49)22-48(33)40(35)55/h6,8-9,12-15,18,24-25,29-33,35,49H,4-5,7,10-11,16-17,19-22H2,1-3H3,(H,43,52)(H,44,50)(H,45,51)/t24-,25-,29+,30-,31-,32-,33-,35-/m0/s1. The lowest BCUT2D eigenvalue weighted by atomic mass is 9.98. The molecule has 4 N–H and O–H groups in total. The van der Waals surface area contributed by atoms with Crippen LogP contribution in [0, 0.1) is 6.92 Å². The quantitative estimate of drug-likeness (QED) is 0.298. The third-order valence-corrected chi connectivity index (χ3v) is 11.5. The van der Waals surface area contributed by atoms with Crippen LogP contribution in [0.25, 0.3) is 0 Å². The lowest BCUT2D eigenvalue weighted by molar-refractivity contribution is -0.163. The average Bonchev–Trinajstić information content (AvgIpc) is 3.83. The highest BCUT2D eigenvalue weighted by Crippen LogP contribution is 2.28. The van der Waals surface area contributed by atoms with Gasteiger partial charge < -0.3 is 40.5 Å². The molecule has 306 valence electrons. The highest BCUT2D eigenvalue weighted by molar-refractivity contribution is 6.30. The SMILES string of the molecule is Cc1cccc(C[C@H](NC(=O)Cc2ccc(Cl)cc2)C(=O)N[C@@H]2C(=O)N3C[C@H](O)C[C@H]3C(=O)N3CCCC[C@H]3C(=O)N[C@@H](C)C(=O)N3CCC[C@H]3C(=O)O[C@H]2C)c1. The Morgan fingerprint density at radius 2 is 1.58 bits per heavy atom. The molecule has 6 rings (SSSR count). The number of carbonyl (C=O) groups excluding carboxylic acids is 7. The number of amides is 6. The second-order valence-corrected chi connectivity index (χ2v) is 16.0. The minimum absolute atomic E-state index is 0.0498. The highest BCUT2D eigenvalue weighted by atomic mass is 35.5. The molecule has 4 aliphatic rings. The number of hydrogen-bond acceptors (Lipinski definition) is 9. The molecule has 57 heavy (non-hydrogen) atoms. The zero-order valence-electron chi connectivity index (χ0n) is 32.4. The zero-order valence-corrected chi connectivity index (χ0v) is 33.2. The monoisotopic (exact) mass is 806 g/mol. The number of esters is 1. The number of rotatable bonds is 7. The summed E-state index contributed by atoms with van der Waals surface area (Å²) in [6.45, 7) is 5.08. The van der Waals surface area contributed by atoms with Crippen molar-refractivity contribution in [1.29, 1.82) is 0 Å². The number of benzene rings is 2. The van der Waals surface area contributed by atoms with E-state index >= 15 is 0 Å². The maximum absolute atomic E-state index is 14.7. The second-order valence-electron chi connectivity index (χ2n) is 15.6. The van der Waals surface area contributed by atoms with Crippen molar-refractivity contribution in [3.63, 3.8) is 0 Å². The van der Waals surface area contributed by atoms with Gasteiger partial charge in [-0.15, -0.1) is 0 Å². The normalized spacial score (nSPS) is 27.8. The van der Waals surface area contributed by atoms with Crippen LogP contribution in [0.15, 0.2) is 48.5 Å². The Labute approximate surface area is 336 Å². The van der Waals surface area contributed by atoms with Gasteiger partial charge in [0.1, 0.15) is 42.4 Å². The van der Waals surface area contributed by atoms with Gasteiger partial charge in [-0.05, 0) is 76.1 Å². The van der Waals surface area contributed by atoms with Crippen LogP contribution in [0.3, 0.4) is 0 Å². The van der Waals surface area contributed by atoms with Crippen molar-refractivity contribution >= 4 is 53.0 Å². The van der Waals surface area contributed by atoms with E-state index in [2.05, 4.69) is 16.0 Å². The van der Waals surface area contributed by atoms with Crippen LogP contribution in [0.1, 0.15) is 69.1 Å². The molecule has 0 aromatic heterocycles. The third kappa shape index (κ3) is 9.75. The van der Waals surface area contributed by atoms with Gasteiger partial charge in [0.25, 0.3) is 0 Å². The van der Waals surface area contributed by atoms with Crippen LogP contribution >= 0.6 is 11.6 Å². The number of nitrogens with one attached hydrogen (secondary N) is 3.